The summed E-state index contributed by atoms with van der Waals surface area (Å²) in [6.45, 7) is 0. The molecule has 140 valence electrons. The van der Waals surface area contributed by atoms with Crippen LogP contribution in [0.2, 0.25) is 0 Å². The highest BCUT2D eigenvalue weighted by molar-refractivity contribution is 6.11. The Hall–Kier alpha value is -3.94. The average molecular weight is 375 g/mol. The number of imidazole rings is 1. The summed E-state index contributed by atoms with van der Waals surface area (Å²) in [5.41, 5.74) is 2.84. The number of methoxy groups -OCH3 is 2. The molecule has 4 rings (SSSR count). The summed E-state index contributed by atoms with van der Waals surface area (Å²) in [5, 5.41) is 2.82. The highest BCUT2D eigenvalue weighted by Gasteiger charge is 2.16. The molecule has 0 fully saturated rings. The van der Waals surface area contributed by atoms with Gasteiger partial charge in [-0.05, 0) is 24.3 Å². The molecule has 0 unspecified atom stereocenters. The van der Waals surface area contributed by atoms with Crippen molar-refractivity contribution in [2.45, 2.75) is 0 Å². The minimum absolute atomic E-state index is 0.291. The molecular formula is C20H17N5O3. The third-order valence-corrected chi connectivity index (χ3v) is 4.18. The van der Waals surface area contributed by atoms with E-state index in [1.807, 2.05) is 24.3 Å². The Morgan fingerprint density at radius 2 is 1.96 bits per heavy atom. The first-order valence-electron chi connectivity index (χ1n) is 8.48. The molecule has 0 bridgehead atoms. The van der Waals surface area contributed by atoms with Crippen LogP contribution in [0.5, 0.6) is 11.6 Å². The van der Waals surface area contributed by atoms with Gasteiger partial charge in [-0.2, -0.15) is 0 Å². The minimum atomic E-state index is -0.291. The van der Waals surface area contributed by atoms with E-state index in [1.54, 1.807) is 31.5 Å². The smallest absolute Gasteiger partial charge is 0.258 e. The number of anilines is 1. The molecule has 8 heteroatoms. The summed E-state index contributed by atoms with van der Waals surface area (Å²) in [5.74, 6) is 1.50. The van der Waals surface area contributed by atoms with E-state index in [9.17, 15) is 4.79 Å². The predicted molar refractivity (Wildman–Crippen MR) is 105 cm³/mol. The Labute approximate surface area is 160 Å². The Balaban J connectivity index is 1.67. The molecular weight excluding hydrogens is 358 g/mol. The van der Waals surface area contributed by atoms with Crippen LogP contribution in [0.15, 0.2) is 54.9 Å². The molecule has 0 atom stereocenters. The second-order valence-corrected chi connectivity index (χ2v) is 5.92. The monoisotopic (exact) mass is 375 g/mol. The number of nitrogens with zero attached hydrogens (tertiary/aromatic N) is 3. The Morgan fingerprint density at radius 1 is 1.07 bits per heavy atom. The van der Waals surface area contributed by atoms with E-state index in [1.165, 1.54) is 13.3 Å². The van der Waals surface area contributed by atoms with Crippen LogP contribution in [-0.4, -0.2) is 40.1 Å². The zero-order valence-electron chi connectivity index (χ0n) is 15.3. The van der Waals surface area contributed by atoms with Crippen LogP contribution in [0.1, 0.15) is 10.4 Å². The molecule has 4 aromatic rings. The van der Waals surface area contributed by atoms with Crippen molar-refractivity contribution in [3.8, 4) is 23.0 Å². The lowest BCUT2D eigenvalue weighted by atomic mass is 10.2. The van der Waals surface area contributed by atoms with Crippen LogP contribution in [0.4, 0.5) is 5.69 Å². The van der Waals surface area contributed by atoms with Crippen LogP contribution < -0.4 is 14.8 Å². The fourth-order valence-corrected chi connectivity index (χ4v) is 2.78. The number of hydrogen-bond acceptors (Lipinski definition) is 6. The van der Waals surface area contributed by atoms with E-state index in [-0.39, 0.29) is 5.91 Å². The molecule has 0 aliphatic rings. The number of ether oxygens (including phenoxy) is 2. The summed E-state index contributed by atoms with van der Waals surface area (Å²) < 4.78 is 10.3. The van der Waals surface area contributed by atoms with Crippen molar-refractivity contribution in [1.29, 1.82) is 0 Å². The number of fused-ring (bicyclic) bond motifs is 1. The van der Waals surface area contributed by atoms with Gasteiger partial charge < -0.3 is 19.8 Å². The van der Waals surface area contributed by atoms with E-state index >= 15 is 0 Å². The van der Waals surface area contributed by atoms with Gasteiger partial charge >= 0.3 is 0 Å². The molecule has 0 radical (unpaired) electrons. The van der Waals surface area contributed by atoms with Gasteiger partial charge in [-0.1, -0.05) is 12.1 Å². The SMILES string of the molecule is COc1cccc(-c2nc3nccc(C(=O)Nc4ccc(OC)nc4)c3[nH]2)c1. The van der Waals surface area contributed by atoms with Crippen molar-refractivity contribution in [1.82, 2.24) is 19.9 Å². The standard InChI is InChI=1S/C20H17N5O3/c1-27-14-5-3-4-12(10-14)18-24-17-15(8-9-21-19(17)25-18)20(26)23-13-6-7-16(28-2)22-11-13/h3-11H,1-2H3,(H,23,26)(H,21,24,25). The van der Waals surface area contributed by atoms with Crippen LogP contribution in [0.3, 0.4) is 0 Å². The molecule has 8 nitrogen and oxygen atoms in total. The zero-order valence-corrected chi connectivity index (χ0v) is 15.3. The van der Waals surface area contributed by atoms with Gasteiger partial charge in [0, 0.05) is 17.8 Å². The number of rotatable bonds is 5. The lowest BCUT2D eigenvalue weighted by Gasteiger charge is -2.06. The normalized spacial score (nSPS) is 10.6. The molecule has 0 saturated carbocycles. The average Bonchev–Trinajstić information content (AvgIpc) is 3.18. The third kappa shape index (κ3) is 3.35. The van der Waals surface area contributed by atoms with Gasteiger partial charge in [-0.15, -0.1) is 0 Å². The largest absolute Gasteiger partial charge is 0.497 e. The molecule has 0 saturated heterocycles. The number of hydrogen-bond donors (Lipinski definition) is 2. The van der Waals surface area contributed by atoms with Gasteiger partial charge in [0.05, 0.1) is 37.2 Å². The van der Waals surface area contributed by atoms with Crippen molar-refractivity contribution < 1.29 is 14.3 Å². The summed E-state index contributed by atoms with van der Waals surface area (Å²) >= 11 is 0. The molecule has 3 aromatic heterocycles. The quantitative estimate of drug-likeness (QED) is 0.555. The first kappa shape index (κ1) is 17.5. The fraction of sp³-hybridized carbons (Fsp3) is 0.100. The molecule has 28 heavy (non-hydrogen) atoms. The zero-order chi connectivity index (χ0) is 19.5. The van der Waals surface area contributed by atoms with Gasteiger partial charge in [0.15, 0.2) is 5.65 Å². The number of amides is 1. The van der Waals surface area contributed by atoms with Crippen molar-refractivity contribution in [2.24, 2.45) is 0 Å². The predicted octanol–water partition coefficient (Wildman–Crippen LogP) is 3.29. The fourth-order valence-electron chi connectivity index (χ4n) is 2.78. The Morgan fingerprint density at radius 3 is 2.71 bits per heavy atom. The van der Waals surface area contributed by atoms with Crippen molar-refractivity contribution in [3.05, 3.63) is 60.4 Å². The van der Waals surface area contributed by atoms with Gasteiger partial charge in [0.1, 0.15) is 11.6 Å². The maximum Gasteiger partial charge on any atom is 0.258 e. The molecule has 3 heterocycles. The van der Waals surface area contributed by atoms with Gasteiger partial charge in [0.2, 0.25) is 5.88 Å². The van der Waals surface area contributed by atoms with E-state index in [2.05, 4.69) is 25.3 Å². The summed E-state index contributed by atoms with van der Waals surface area (Å²) in [4.78, 5) is 28.8. The Kier molecular flexibility index (Phi) is 4.59. The van der Waals surface area contributed by atoms with Gasteiger partial charge in [0.25, 0.3) is 5.91 Å². The number of benzene rings is 1. The molecule has 2 N–H and O–H groups in total. The van der Waals surface area contributed by atoms with Crippen LogP contribution in [0, 0.1) is 0 Å². The van der Waals surface area contributed by atoms with E-state index in [4.69, 9.17) is 9.47 Å². The molecule has 0 aliphatic carbocycles. The highest BCUT2D eigenvalue weighted by Crippen LogP contribution is 2.25. The number of nitrogens with one attached hydrogen (secondary N) is 2. The van der Waals surface area contributed by atoms with E-state index < -0.39 is 0 Å². The van der Waals surface area contributed by atoms with Crippen LogP contribution in [-0.2, 0) is 0 Å². The maximum absolute atomic E-state index is 12.8. The number of aromatic amines is 1. The summed E-state index contributed by atoms with van der Waals surface area (Å²) in [7, 11) is 3.14. The van der Waals surface area contributed by atoms with E-state index in [0.29, 0.717) is 34.1 Å². The molecule has 0 spiro atoms. The highest BCUT2D eigenvalue weighted by atomic mass is 16.5. The number of carbonyl (C=O) groups is 1. The first-order chi connectivity index (χ1) is 13.7. The third-order valence-electron chi connectivity index (χ3n) is 4.18. The number of carbonyl (C=O) groups excluding carboxylic acids is 1. The van der Waals surface area contributed by atoms with E-state index in [0.717, 1.165) is 11.3 Å². The molecule has 1 aromatic carbocycles. The maximum atomic E-state index is 12.8. The lowest BCUT2D eigenvalue weighted by Crippen LogP contribution is -2.12. The molecule has 1 amide bonds. The first-order valence-corrected chi connectivity index (χ1v) is 8.48. The van der Waals surface area contributed by atoms with Crippen LogP contribution in [0.25, 0.3) is 22.6 Å². The molecule has 0 aliphatic heterocycles. The second-order valence-electron chi connectivity index (χ2n) is 5.92. The second kappa shape index (κ2) is 7.36. The number of H-pyrrole nitrogens is 1. The van der Waals surface area contributed by atoms with Crippen molar-refractivity contribution in [3.63, 3.8) is 0 Å². The lowest BCUT2D eigenvalue weighted by molar-refractivity contribution is 0.102. The Bertz CT molecular complexity index is 1140. The van der Waals surface area contributed by atoms with Gasteiger partial charge in [-0.25, -0.2) is 15.0 Å². The summed E-state index contributed by atoms with van der Waals surface area (Å²) in [6.07, 6.45) is 3.09. The van der Waals surface area contributed by atoms with Gasteiger partial charge in [-0.3, -0.25) is 4.79 Å². The topological polar surface area (TPSA) is 102 Å². The summed E-state index contributed by atoms with van der Waals surface area (Å²) in [6, 6.07) is 12.5. The number of aromatic nitrogens is 4. The number of pyridine rings is 2. The van der Waals surface area contributed by atoms with Crippen molar-refractivity contribution in [2.75, 3.05) is 19.5 Å². The van der Waals surface area contributed by atoms with Crippen LogP contribution >= 0.6 is 0 Å². The van der Waals surface area contributed by atoms with Crippen molar-refractivity contribution >= 4 is 22.8 Å². The minimum Gasteiger partial charge on any atom is -0.497 e.